The largest absolute Gasteiger partial charge is 0.311 e. The minimum Gasteiger partial charge on any atom is -0.311 e. The lowest BCUT2D eigenvalue weighted by Gasteiger charge is -2.26. The Morgan fingerprint density at radius 3 is 1.67 bits per heavy atom. The van der Waals surface area contributed by atoms with Gasteiger partial charge in [0.1, 0.15) is 7.85 Å². The van der Waals surface area contributed by atoms with E-state index >= 15 is 0 Å². The molecule has 0 aliphatic rings. The molecule has 0 saturated heterocycles. The van der Waals surface area contributed by atoms with Crippen molar-refractivity contribution in [2.45, 2.75) is 0 Å². The van der Waals surface area contributed by atoms with Crippen molar-refractivity contribution in [3.8, 4) is 22.3 Å². The number of hydrogen-bond acceptors (Lipinski definition) is 2. The SMILES string of the molecule is Bc1ccc(-c2ccc(N(c3ccccc3)c3ccc(-c4cccc5c4sc4ccccc45)cc3)cc2)cc1. The Hall–Kier alpha value is -4.60. The molecule has 0 bridgehead atoms. The number of nitrogens with zero attached hydrogens (tertiary/aromatic N) is 1. The van der Waals surface area contributed by atoms with Gasteiger partial charge in [0.25, 0.3) is 0 Å². The number of anilines is 3. The van der Waals surface area contributed by atoms with Crippen molar-refractivity contribution in [2.75, 3.05) is 4.90 Å². The molecule has 7 rings (SSSR count). The van der Waals surface area contributed by atoms with Gasteiger partial charge in [0.05, 0.1) is 0 Å². The highest BCUT2D eigenvalue weighted by molar-refractivity contribution is 7.26. The van der Waals surface area contributed by atoms with Gasteiger partial charge in [-0.2, -0.15) is 0 Å². The maximum Gasteiger partial charge on any atom is 0.139 e. The third kappa shape index (κ3) is 4.41. The summed E-state index contributed by atoms with van der Waals surface area (Å²) in [6, 6.07) is 52.5. The minimum atomic E-state index is 1.14. The van der Waals surface area contributed by atoms with Crippen molar-refractivity contribution in [1.82, 2.24) is 0 Å². The summed E-state index contributed by atoms with van der Waals surface area (Å²) in [6.45, 7) is 0. The van der Waals surface area contributed by atoms with Crippen molar-refractivity contribution in [2.24, 2.45) is 0 Å². The Balaban J connectivity index is 1.28. The second kappa shape index (κ2) is 9.94. The lowest BCUT2D eigenvalue weighted by molar-refractivity contribution is 1.28. The number of rotatable bonds is 5. The summed E-state index contributed by atoms with van der Waals surface area (Å²) in [6.07, 6.45) is 0. The molecule has 3 heteroatoms. The minimum absolute atomic E-state index is 1.14. The molecule has 0 radical (unpaired) electrons. The summed E-state index contributed by atoms with van der Waals surface area (Å²) in [5.41, 5.74) is 9.66. The van der Waals surface area contributed by atoms with Gasteiger partial charge < -0.3 is 4.90 Å². The molecule has 1 aromatic heterocycles. The molecule has 0 fully saturated rings. The van der Waals surface area contributed by atoms with E-state index in [1.54, 1.807) is 0 Å². The topological polar surface area (TPSA) is 3.24 Å². The third-order valence-electron chi connectivity index (χ3n) is 7.37. The lowest BCUT2D eigenvalue weighted by atomic mass is 9.93. The van der Waals surface area contributed by atoms with E-state index in [0.29, 0.717) is 0 Å². The van der Waals surface area contributed by atoms with Gasteiger partial charge in [-0.25, -0.2) is 0 Å². The van der Waals surface area contributed by atoms with Gasteiger partial charge in [0, 0.05) is 37.2 Å². The highest BCUT2D eigenvalue weighted by atomic mass is 32.1. The Morgan fingerprint density at radius 1 is 0.436 bits per heavy atom. The summed E-state index contributed by atoms with van der Waals surface area (Å²) in [7, 11) is 2.12. The molecular formula is C36H26BNS. The van der Waals surface area contributed by atoms with Gasteiger partial charge >= 0.3 is 0 Å². The van der Waals surface area contributed by atoms with Crippen LogP contribution in [-0.4, -0.2) is 7.85 Å². The van der Waals surface area contributed by atoms with Crippen molar-refractivity contribution < 1.29 is 0 Å². The summed E-state index contributed by atoms with van der Waals surface area (Å²) < 4.78 is 2.68. The monoisotopic (exact) mass is 515 g/mol. The molecule has 1 heterocycles. The zero-order chi connectivity index (χ0) is 26.2. The van der Waals surface area contributed by atoms with E-state index in [4.69, 9.17) is 0 Å². The molecule has 0 atom stereocenters. The van der Waals surface area contributed by atoms with E-state index in [1.807, 2.05) is 11.3 Å². The van der Waals surface area contributed by atoms with Crippen LogP contribution in [0.3, 0.4) is 0 Å². The Kier molecular flexibility index (Phi) is 5.99. The highest BCUT2D eigenvalue weighted by Crippen LogP contribution is 2.41. The Bertz CT molecular complexity index is 1890. The molecule has 1 nitrogen and oxygen atoms in total. The fourth-order valence-corrected chi connectivity index (χ4v) is 6.58. The third-order valence-corrected chi connectivity index (χ3v) is 8.59. The van der Waals surface area contributed by atoms with Crippen molar-refractivity contribution in [3.63, 3.8) is 0 Å². The van der Waals surface area contributed by atoms with Crippen molar-refractivity contribution in [1.29, 1.82) is 0 Å². The zero-order valence-corrected chi connectivity index (χ0v) is 22.5. The maximum absolute atomic E-state index is 2.32. The average molecular weight is 515 g/mol. The van der Waals surface area contributed by atoms with Crippen molar-refractivity contribution in [3.05, 3.63) is 146 Å². The van der Waals surface area contributed by atoms with E-state index in [0.717, 1.165) is 17.1 Å². The normalized spacial score (nSPS) is 11.2. The van der Waals surface area contributed by atoms with E-state index < -0.39 is 0 Å². The quantitative estimate of drug-likeness (QED) is 0.207. The molecule has 0 aliphatic carbocycles. The fraction of sp³-hybridized carbons (Fsp3) is 0. The van der Waals surface area contributed by atoms with Crippen molar-refractivity contribution >= 4 is 61.9 Å². The average Bonchev–Trinajstić information content (AvgIpc) is 3.38. The van der Waals surface area contributed by atoms with Crippen LogP contribution in [0.2, 0.25) is 0 Å². The summed E-state index contributed by atoms with van der Waals surface area (Å²) >= 11 is 1.88. The van der Waals surface area contributed by atoms with Gasteiger partial charge in [-0.1, -0.05) is 109 Å². The first-order valence-electron chi connectivity index (χ1n) is 13.3. The van der Waals surface area contributed by atoms with E-state index in [2.05, 4.69) is 158 Å². The number of hydrogen-bond donors (Lipinski definition) is 0. The zero-order valence-electron chi connectivity index (χ0n) is 21.7. The molecule has 184 valence electrons. The van der Waals surface area contributed by atoms with Crippen LogP contribution in [0.1, 0.15) is 0 Å². The van der Waals surface area contributed by atoms with E-state index in [1.165, 1.54) is 47.9 Å². The molecule has 39 heavy (non-hydrogen) atoms. The predicted octanol–water partition coefficient (Wildman–Crippen LogP) is 9.12. The van der Waals surface area contributed by atoms with Gasteiger partial charge in [-0.3, -0.25) is 0 Å². The molecule has 0 aliphatic heterocycles. The van der Waals surface area contributed by atoms with Crippen LogP contribution < -0.4 is 10.4 Å². The molecule has 0 N–H and O–H groups in total. The molecule has 7 aromatic rings. The predicted molar refractivity (Wildman–Crippen MR) is 173 cm³/mol. The number of fused-ring (bicyclic) bond motifs is 3. The van der Waals surface area contributed by atoms with Gasteiger partial charge in [0.2, 0.25) is 0 Å². The van der Waals surface area contributed by atoms with Gasteiger partial charge in [-0.05, 0) is 64.7 Å². The smallest absolute Gasteiger partial charge is 0.139 e. The first kappa shape index (κ1) is 23.5. The lowest BCUT2D eigenvalue weighted by Crippen LogP contribution is -2.09. The first-order chi connectivity index (χ1) is 19.2. The highest BCUT2D eigenvalue weighted by Gasteiger charge is 2.14. The maximum atomic E-state index is 2.32. The van der Waals surface area contributed by atoms with E-state index in [-0.39, 0.29) is 0 Å². The number of benzene rings is 6. The first-order valence-corrected chi connectivity index (χ1v) is 14.1. The summed E-state index contributed by atoms with van der Waals surface area (Å²) in [5, 5.41) is 2.66. The standard InChI is InChI=1S/C36H26BNS/c37-28-19-13-25(14-20-28)26-15-21-30(22-16-26)38(29-7-2-1-3-8-29)31-23-17-27(18-24-31)32-10-6-11-34-33-9-4-5-12-35(33)39-36(32)34/h1-24H,37H2. The van der Waals surface area contributed by atoms with Crippen LogP contribution in [0, 0.1) is 0 Å². The molecule has 0 unspecified atom stereocenters. The second-order valence-corrected chi connectivity index (χ2v) is 11.0. The molecule has 6 aromatic carbocycles. The van der Waals surface area contributed by atoms with Crippen LogP contribution in [0.25, 0.3) is 42.4 Å². The van der Waals surface area contributed by atoms with Crippen LogP contribution in [0.5, 0.6) is 0 Å². The Labute approximate surface area is 234 Å². The van der Waals surface area contributed by atoms with Gasteiger partial charge in [-0.15, -0.1) is 11.3 Å². The van der Waals surface area contributed by atoms with Gasteiger partial charge in [0.15, 0.2) is 0 Å². The molecular weight excluding hydrogens is 489 g/mol. The number of para-hydroxylation sites is 1. The number of thiophene rings is 1. The van der Waals surface area contributed by atoms with Crippen LogP contribution >= 0.6 is 11.3 Å². The molecule has 0 amide bonds. The fourth-order valence-electron chi connectivity index (χ4n) is 5.34. The van der Waals surface area contributed by atoms with E-state index in [9.17, 15) is 0 Å². The molecule has 0 saturated carbocycles. The molecule has 0 spiro atoms. The summed E-state index contributed by atoms with van der Waals surface area (Å²) in [4.78, 5) is 2.32. The second-order valence-electron chi connectivity index (χ2n) is 9.91. The van der Waals surface area contributed by atoms with Crippen LogP contribution in [0.4, 0.5) is 17.1 Å². The Morgan fingerprint density at radius 2 is 0.974 bits per heavy atom. The summed E-state index contributed by atoms with van der Waals surface area (Å²) in [5.74, 6) is 0. The van der Waals surface area contributed by atoms with Crippen LogP contribution in [-0.2, 0) is 0 Å². The van der Waals surface area contributed by atoms with Crippen LogP contribution in [0.15, 0.2) is 146 Å².